The molecule has 124 valence electrons. The SMILES string of the molecule is COc1ccc(C23CCCN2C(=O)NC3)cc1OC1CCCC1. The molecule has 1 N–H and O–H groups in total. The zero-order chi connectivity index (χ0) is 15.9. The lowest BCUT2D eigenvalue weighted by Gasteiger charge is -2.31. The molecule has 2 aliphatic heterocycles. The highest BCUT2D eigenvalue weighted by Gasteiger charge is 2.50. The van der Waals surface area contributed by atoms with Gasteiger partial charge in [-0.3, -0.25) is 0 Å². The fraction of sp³-hybridized carbons (Fsp3) is 0.611. The van der Waals surface area contributed by atoms with E-state index in [1.54, 1.807) is 7.11 Å². The molecule has 1 atom stereocenters. The van der Waals surface area contributed by atoms with E-state index in [4.69, 9.17) is 9.47 Å². The molecule has 5 nitrogen and oxygen atoms in total. The van der Waals surface area contributed by atoms with Crippen LogP contribution in [0.1, 0.15) is 44.1 Å². The molecule has 2 amide bonds. The van der Waals surface area contributed by atoms with Crippen molar-refractivity contribution in [2.45, 2.75) is 50.2 Å². The minimum Gasteiger partial charge on any atom is -0.493 e. The van der Waals surface area contributed by atoms with Crippen LogP contribution in [-0.4, -0.2) is 37.2 Å². The van der Waals surface area contributed by atoms with Crippen molar-refractivity contribution >= 4 is 6.03 Å². The first-order valence-corrected chi connectivity index (χ1v) is 8.63. The number of carbonyl (C=O) groups is 1. The summed E-state index contributed by atoms with van der Waals surface area (Å²) in [5, 5.41) is 3.00. The fourth-order valence-corrected chi connectivity index (χ4v) is 4.32. The van der Waals surface area contributed by atoms with Crippen LogP contribution in [0.25, 0.3) is 0 Å². The largest absolute Gasteiger partial charge is 0.493 e. The van der Waals surface area contributed by atoms with E-state index in [1.165, 1.54) is 12.8 Å². The van der Waals surface area contributed by atoms with Gasteiger partial charge in [0.25, 0.3) is 0 Å². The van der Waals surface area contributed by atoms with Gasteiger partial charge in [-0.25, -0.2) is 4.79 Å². The predicted octanol–water partition coefficient (Wildman–Crippen LogP) is 3.03. The molecule has 1 saturated carbocycles. The van der Waals surface area contributed by atoms with Gasteiger partial charge in [0.15, 0.2) is 11.5 Å². The van der Waals surface area contributed by atoms with Crippen LogP contribution >= 0.6 is 0 Å². The molecule has 2 heterocycles. The number of nitrogens with zero attached hydrogens (tertiary/aromatic N) is 1. The van der Waals surface area contributed by atoms with Crippen LogP contribution in [0.15, 0.2) is 18.2 Å². The Bertz CT molecular complexity index is 612. The van der Waals surface area contributed by atoms with Crippen molar-refractivity contribution in [3.05, 3.63) is 23.8 Å². The third-order valence-electron chi connectivity index (χ3n) is 5.56. The first-order valence-electron chi connectivity index (χ1n) is 8.63. The molecule has 1 aromatic rings. The highest BCUT2D eigenvalue weighted by molar-refractivity contribution is 5.79. The molecular formula is C18H24N2O3. The molecule has 0 radical (unpaired) electrons. The summed E-state index contributed by atoms with van der Waals surface area (Å²) in [5.41, 5.74) is 0.944. The van der Waals surface area contributed by atoms with Crippen LogP contribution in [0.4, 0.5) is 4.79 Å². The van der Waals surface area contributed by atoms with Gasteiger partial charge in [-0.2, -0.15) is 0 Å². The van der Waals surface area contributed by atoms with Gasteiger partial charge in [-0.1, -0.05) is 6.07 Å². The second kappa shape index (κ2) is 5.62. The average molecular weight is 316 g/mol. The lowest BCUT2D eigenvalue weighted by Crippen LogP contribution is -2.39. The van der Waals surface area contributed by atoms with Crippen molar-refractivity contribution in [2.75, 3.05) is 20.2 Å². The minimum absolute atomic E-state index is 0.0524. The van der Waals surface area contributed by atoms with E-state index in [0.29, 0.717) is 12.6 Å². The molecule has 23 heavy (non-hydrogen) atoms. The smallest absolute Gasteiger partial charge is 0.318 e. The van der Waals surface area contributed by atoms with E-state index in [1.807, 2.05) is 11.0 Å². The van der Waals surface area contributed by atoms with Gasteiger partial charge in [0.05, 0.1) is 18.8 Å². The molecule has 0 aromatic heterocycles. The number of carbonyl (C=O) groups excluding carboxylic acids is 1. The Balaban J connectivity index is 1.68. The normalized spacial score (nSPS) is 27.2. The number of ether oxygens (including phenoxy) is 2. The standard InChI is InChI=1S/C18H24N2O3/c1-22-15-8-7-13(11-16(15)23-14-5-2-3-6-14)18-9-4-10-20(18)17(21)19-12-18/h7-8,11,14H,2-6,9-10,12H2,1H3,(H,19,21). The van der Waals surface area contributed by atoms with Crippen molar-refractivity contribution in [2.24, 2.45) is 0 Å². The quantitative estimate of drug-likeness (QED) is 0.929. The number of amides is 2. The summed E-state index contributed by atoms with van der Waals surface area (Å²) in [7, 11) is 1.68. The molecule has 0 spiro atoms. The summed E-state index contributed by atoms with van der Waals surface area (Å²) < 4.78 is 11.7. The summed E-state index contributed by atoms with van der Waals surface area (Å²) in [5.74, 6) is 1.59. The van der Waals surface area contributed by atoms with Crippen LogP contribution in [0, 0.1) is 0 Å². The number of hydrogen-bond donors (Lipinski definition) is 1. The Morgan fingerprint density at radius 3 is 2.83 bits per heavy atom. The fourth-order valence-electron chi connectivity index (χ4n) is 4.32. The summed E-state index contributed by atoms with van der Waals surface area (Å²) in [6, 6.07) is 6.21. The summed E-state index contributed by atoms with van der Waals surface area (Å²) in [6.07, 6.45) is 7.06. The molecule has 1 aromatic carbocycles. The summed E-state index contributed by atoms with van der Waals surface area (Å²) >= 11 is 0. The monoisotopic (exact) mass is 316 g/mol. The number of rotatable bonds is 4. The molecule has 2 saturated heterocycles. The Morgan fingerprint density at radius 2 is 2.04 bits per heavy atom. The minimum atomic E-state index is -0.211. The first kappa shape index (κ1) is 14.7. The van der Waals surface area contributed by atoms with Crippen molar-refractivity contribution in [3.63, 3.8) is 0 Å². The molecule has 3 fully saturated rings. The zero-order valence-corrected chi connectivity index (χ0v) is 13.6. The van der Waals surface area contributed by atoms with Crippen LogP contribution in [0.3, 0.4) is 0 Å². The van der Waals surface area contributed by atoms with E-state index in [-0.39, 0.29) is 11.6 Å². The summed E-state index contributed by atoms with van der Waals surface area (Å²) in [6.45, 7) is 1.51. The Morgan fingerprint density at radius 1 is 1.22 bits per heavy atom. The predicted molar refractivity (Wildman–Crippen MR) is 86.9 cm³/mol. The van der Waals surface area contributed by atoms with Crippen molar-refractivity contribution in [1.29, 1.82) is 0 Å². The average Bonchev–Trinajstić information content (AvgIpc) is 3.27. The molecule has 3 aliphatic rings. The highest BCUT2D eigenvalue weighted by Crippen LogP contribution is 2.44. The third-order valence-corrected chi connectivity index (χ3v) is 5.56. The Labute approximate surface area is 136 Å². The topological polar surface area (TPSA) is 50.8 Å². The first-order chi connectivity index (χ1) is 11.2. The number of methoxy groups -OCH3 is 1. The van der Waals surface area contributed by atoms with Crippen LogP contribution in [-0.2, 0) is 5.54 Å². The lowest BCUT2D eigenvalue weighted by molar-refractivity contribution is 0.185. The molecular weight excluding hydrogens is 292 g/mol. The molecule has 1 unspecified atom stereocenters. The molecule has 4 rings (SSSR count). The second-order valence-corrected chi connectivity index (χ2v) is 6.84. The van der Waals surface area contributed by atoms with Crippen molar-refractivity contribution < 1.29 is 14.3 Å². The maximum absolute atomic E-state index is 12.1. The third kappa shape index (κ3) is 2.33. The number of urea groups is 1. The number of fused-ring (bicyclic) bond motifs is 1. The molecule has 1 aliphatic carbocycles. The Kier molecular flexibility index (Phi) is 3.58. The van der Waals surface area contributed by atoms with E-state index in [2.05, 4.69) is 17.4 Å². The Hall–Kier alpha value is -1.91. The van der Waals surface area contributed by atoms with E-state index in [9.17, 15) is 4.79 Å². The van der Waals surface area contributed by atoms with Gasteiger partial charge in [-0.05, 0) is 56.2 Å². The second-order valence-electron chi connectivity index (χ2n) is 6.84. The highest BCUT2D eigenvalue weighted by atomic mass is 16.5. The van der Waals surface area contributed by atoms with Gasteiger partial charge in [0.1, 0.15) is 0 Å². The lowest BCUT2D eigenvalue weighted by atomic mass is 9.88. The van der Waals surface area contributed by atoms with Crippen LogP contribution in [0.2, 0.25) is 0 Å². The van der Waals surface area contributed by atoms with Crippen molar-refractivity contribution in [1.82, 2.24) is 10.2 Å². The zero-order valence-electron chi connectivity index (χ0n) is 13.6. The maximum atomic E-state index is 12.1. The molecule has 0 bridgehead atoms. The number of nitrogens with one attached hydrogen (secondary N) is 1. The van der Waals surface area contributed by atoms with E-state index in [0.717, 1.165) is 49.3 Å². The van der Waals surface area contributed by atoms with E-state index < -0.39 is 0 Å². The number of benzene rings is 1. The van der Waals surface area contributed by atoms with Gasteiger partial charge in [0, 0.05) is 13.1 Å². The van der Waals surface area contributed by atoms with Crippen LogP contribution < -0.4 is 14.8 Å². The number of hydrogen-bond acceptors (Lipinski definition) is 3. The van der Waals surface area contributed by atoms with Gasteiger partial charge < -0.3 is 19.7 Å². The molecule has 5 heteroatoms. The van der Waals surface area contributed by atoms with Gasteiger partial charge in [0.2, 0.25) is 0 Å². The van der Waals surface area contributed by atoms with Crippen LogP contribution in [0.5, 0.6) is 11.5 Å². The maximum Gasteiger partial charge on any atom is 0.318 e. The van der Waals surface area contributed by atoms with Gasteiger partial charge >= 0.3 is 6.03 Å². The van der Waals surface area contributed by atoms with E-state index >= 15 is 0 Å². The van der Waals surface area contributed by atoms with Crippen molar-refractivity contribution in [3.8, 4) is 11.5 Å². The van der Waals surface area contributed by atoms with Gasteiger partial charge in [-0.15, -0.1) is 0 Å². The summed E-state index contributed by atoms with van der Waals surface area (Å²) in [4.78, 5) is 14.1.